The third-order valence-electron chi connectivity index (χ3n) is 4.65. The minimum atomic E-state index is -0.687. The van der Waals surface area contributed by atoms with Crippen molar-refractivity contribution in [3.63, 3.8) is 0 Å². The summed E-state index contributed by atoms with van der Waals surface area (Å²) in [5.41, 5.74) is 0.413. The molecule has 0 radical (unpaired) electrons. The van der Waals surface area contributed by atoms with Gasteiger partial charge in [-0.15, -0.1) is 0 Å². The van der Waals surface area contributed by atoms with Crippen molar-refractivity contribution in [2.45, 2.75) is 13.0 Å². The molecular weight excluding hydrogens is 376 g/mol. The second kappa shape index (κ2) is 10.1. The quantitative estimate of drug-likeness (QED) is 0.671. The van der Waals surface area contributed by atoms with Crippen LogP contribution >= 0.6 is 0 Å². The molecule has 156 valence electrons. The van der Waals surface area contributed by atoms with E-state index in [1.54, 1.807) is 48.2 Å². The number of esters is 1. The molecule has 0 bridgehead atoms. The van der Waals surface area contributed by atoms with Crippen molar-refractivity contribution in [1.82, 2.24) is 9.80 Å². The van der Waals surface area contributed by atoms with Crippen molar-refractivity contribution in [2.75, 3.05) is 45.9 Å². The van der Waals surface area contributed by atoms with Gasteiger partial charge in [0.15, 0.2) is 5.76 Å². The Kier molecular flexibility index (Phi) is 7.26. The molecule has 0 unspecified atom stereocenters. The van der Waals surface area contributed by atoms with Crippen LogP contribution in [0.5, 0.6) is 5.75 Å². The van der Waals surface area contributed by atoms with Crippen LogP contribution in [0.25, 0.3) is 0 Å². The highest BCUT2D eigenvalue weighted by atomic mass is 16.5. The van der Waals surface area contributed by atoms with Crippen LogP contribution < -0.4 is 4.74 Å². The SMILES string of the molecule is CCOC(=O)c1cccc(OC[C@@H](O)CN2CCN(C(=O)c3ccco3)CC2)c1. The molecule has 1 fully saturated rings. The smallest absolute Gasteiger partial charge is 0.338 e. The second-order valence-corrected chi connectivity index (χ2v) is 6.78. The molecular formula is C21H26N2O6. The maximum atomic E-state index is 12.3. The summed E-state index contributed by atoms with van der Waals surface area (Å²) < 4.78 is 15.8. The van der Waals surface area contributed by atoms with Crippen LogP contribution in [0.1, 0.15) is 27.8 Å². The molecule has 1 saturated heterocycles. The minimum Gasteiger partial charge on any atom is -0.491 e. The van der Waals surface area contributed by atoms with Gasteiger partial charge in [0.05, 0.1) is 18.4 Å². The van der Waals surface area contributed by atoms with Gasteiger partial charge in [0, 0.05) is 32.7 Å². The summed E-state index contributed by atoms with van der Waals surface area (Å²) in [6, 6.07) is 10.1. The maximum Gasteiger partial charge on any atom is 0.338 e. The van der Waals surface area contributed by atoms with Crippen LogP contribution in [0.15, 0.2) is 47.1 Å². The van der Waals surface area contributed by atoms with E-state index in [1.807, 2.05) is 0 Å². The fourth-order valence-electron chi connectivity index (χ4n) is 3.16. The number of piperazine rings is 1. The Hall–Kier alpha value is -2.84. The van der Waals surface area contributed by atoms with Crippen molar-refractivity contribution >= 4 is 11.9 Å². The van der Waals surface area contributed by atoms with Gasteiger partial charge in [0.1, 0.15) is 18.5 Å². The van der Waals surface area contributed by atoms with Crippen LogP contribution in [0.4, 0.5) is 0 Å². The molecule has 8 nitrogen and oxygen atoms in total. The highest BCUT2D eigenvalue weighted by Gasteiger charge is 2.24. The lowest BCUT2D eigenvalue weighted by atomic mass is 10.2. The lowest BCUT2D eigenvalue weighted by Gasteiger charge is -2.35. The van der Waals surface area contributed by atoms with Crippen molar-refractivity contribution in [3.8, 4) is 5.75 Å². The Morgan fingerprint density at radius 3 is 2.66 bits per heavy atom. The molecule has 1 aromatic carbocycles. The molecule has 3 rings (SSSR count). The number of hydrogen-bond acceptors (Lipinski definition) is 7. The standard InChI is InChI=1S/C21H26N2O6/c1-2-27-21(26)16-5-3-6-18(13-16)29-15-17(24)14-22-8-10-23(11-9-22)20(25)19-7-4-12-28-19/h3-7,12-13,17,24H,2,8-11,14-15H2,1H3/t17-/m0/s1. The van der Waals surface area contributed by atoms with E-state index in [9.17, 15) is 14.7 Å². The minimum absolute atomic E-state index is 0.109. The first-order valence-electron chi connectivity index (χ1n) is 9.70. The lowest BCUT2D eigenvalue weighted by Crippen LogP contribution is -2.50. The van der Waals surface area contributed by atoms with E-state index in [2.05, 4.69) is 4.90 Å². The van der Waals surface area contributed by atoms with E-state index in [0.717, 1.165) is 0 Å². The van der Waals surface area contributed by atoms with Crippen molar-refractivity contribution < 1.29 is 28.6 Å². The van der Waals surface area contributed by atoms with Crippen LogP contribution in [-0.2, 0) is 4.74 Å². The summed E-state index contributed by atoms with van der Waals surface area (Å²) in [6.07, 6.45) is 0.802. The van der Waals surface area contributed by atoms with Crippen molar-refractivity contribution in [3.05, 3.63) is 54.0 Å². The van der Waals surface area contributed by atoms with E-state index < -0.39 is 12.1 Å². The number of nitrogens with zero attached hydrogens (tertiary/aromatic N) is 2. The fourth-order valence-corrected chi connectivity index (χ4v) is 3.16. The topological polar surface area (TPSA) is 92.5 Å². The number of aliphatic hydroxyl groups excluding tert-OH is 1. The van der Waals surface area contributed by atoms with Gasteiger partial charge >= 0.3 is 5.97 Å². The van der Waals surface area contributed by atoms with Crippen molar-refractivity contribution in [2.24, 2.45) is 0 Å². The lowest BCUT2D eigenvalue weighted by molar-refractivity contribution is 0.0389. The number of ether oxygens (including phenoxy) is 2. The molecule has 1 aliphatic rings. The van der Waals surface area contributed by atoms with Crippen LogP contribution in [0.3, 0.4) is 0 Å². The monoisotopic (exact) mass is 402 g/mol. The van der Waals surface area contributed by atoms with Gasteiger partial charge in [0.2, 0.25) is 0 Å². The van der Waals surface area contributed by atoms with Gasteiger partial charge in [-0.1, -0.05) is 6.07 Å². The summed E-state index contributed by atoms with van der Waals surface area (Å²) >= 11 is 0. The van der Waals surface area contributed by atoms with Crippen molar-refractivity contribution in [1.29, 1.82) is 0 Å². The molecule has 1 N–H and O–H groups in total. The number of hydrogen-bond donors (Lipinski definition) is 1. The Labute approximate surface area is 169 Å². The number of β-amino-alcohol motifs (C(OH)–C–C–N with tert-alkyl or cyclic N) is 1. The molecule has 1 atom stereocenters. The maximum absolute atomic E-state index is 12.3. The fraction of sp³-hybridized carbons (Fsp3) is 0.429. The van der Waals surface area contributed by atoms with Gasteiger partial charge in [-0.25, -0.2) is 4.79 Å². The zero-order chi connectivity index (χ0) is 20.6. The van der Waals surface area contributed by atoms with E-state index in [0.29, 0.717) is 56.4 Å². The summed E-state index contributed by atoms with van der Waals surface area (Å²) in [7, 11) is 0. The molecule has 2 heterocycles. The number of benzene rings is 1. The molecule has 0 aliphatic carbocycles. The van der Waals surface area contributed by atoms with Gasteiger partial charge < -0.3 is 23.9 Å². The molecule has 1 aromatic heterocycles. The number of aliphatic hydroxyl groups is 1. The molecule has 0 saturated carbocycles. The van der Waals surface area contributed by atoms with Gasteiger partial charge in [-0.3, -0.25) is 9.69 Å². The predicted octanol–water partition coefficient (Wildman–Crippen LogP) is 1.65. The summed E-state index contributed by atoms with van der Waals surface area (Å²) in [6.45, 7) is 5.11. The van der Waals surface area contributed by atoms with Gasteiger partial charge in [-0.2, -0.15) is 0 Å². The van der Waals surface area contributed by atoms with Crippen LogP contribution in [0, 0.1) is 0 Å². The molecule has 2 aromatic rings. The molecule has 8 heteroatoms. The number of furan rings is 1. The van der Waals surface area contributed by atoms with E-state index >= 15 is 0 Å². The summed E-state index contributed by atoms with van der Waals surface area (Å²) in [5.74, 6) is 0.334. The Balaban J connectivity index is 1.41. The zero-order valence-electron chi connectivity index (χ0n) is 16.5. The summed E-state index contributed by atoms with van der Waals surface area (Å²) in [4.78, 5) is 27.9. The molecule has 1 amide bonds. The van der Waals surface area contributed by atoms with Crippen LogP contribution in [-0.4, -0.2) is 78.8 Å². The number of amides is 1. The molecule has 29 heavy (non-hydrogen) atoms. The predicted molar refractivity (Wildman–Crippen MR) is 105 cm³/mol. The van der Waals surface area contributed by atoms with Gasteiger partial charge in [-0.05, 0) is 37.3 Å². The second-order valence-electron chi connectivity index (χ2n) is 6.78. The third kappa shape index (κ3) is 5.82. The normalized spacial score (nSPS) is 15.7. The Morgan fingerprint density at radius 2 is 1.97 bits per heavy atom. The number of carbonyl (C=O) groups is 2. The zero-order valence-corrected chi connectivity index (χ0v) is 16.5. The highest BCUT2D eigenvalue weighted by Crippen LogP contribution is 2.15. The first-order chi connectivity index (χ1) is 14.1. The van der Waals surface area contributed by atoms with Gasteiger partial charge in [0.25, 0.3) is 5.91 Å². The van der Waals surface area contributed by atoms with E-state index in [4.69, 9.17) is 13.9 Å². The highest BCUT2D eigenvalue weighted by molar-refractivity contribution is 5.91. The van der Waals surface area contributed by atoms with E-state index in [-0.39, 0.29) is 12.5 Å². The van der Waals surface area contributed by atoms with Crippen LogP contribution in [0.2, 0.25) is 0 Å². The third-order valence-corrected chi connectivity index (χ3v) is 4.65. The average Bonchev–Trinajstić information content (AvgIpc) is 3.28. The molecule has 1 aliphatic heterocycles. The van der Waals surface area contributed by atoms with E-state index in [1.165, 1.54) is 6.26 Å². The number of rotatable bonds is 8. The molecule has 0 spiro atoms. The largest absolute Gasteiger partial charge is 0.491 e. The number of carbonyl (C=O) groups excluding carboxylic acids is 2. The summed E-state index contributed by atoms with van der Waals surface area (Å²) in [5, 5.41) is 10.3. The Morgan fingerprint density at radius 1 is 1.17 bits per heavy atom. The first-order valence-corrected chi connectivity index (χ1v) is 9.70. The Bertz CT molecular complexity index is 799. The average molecular weight is 402 g/mol. The first kappa shape index (κ1) is 20.9.